The molecule has 2 heterocycles. The summed E-state index contributed by atoms with van der Waals surface area (Å²) in [5.41, 5.74) is 10.3. The largest absolute Gasteiger partial charge is 1.00 e. The Morgan fingerprint density at radius 2 is 2.18 bits per heavy atom. The smallest absolute Gasteiger partial charge is 0.226 e. The van der Waals surface area contributed by atoms with Crippen molar-refractivity contribution in [3.05, 3.63) is 34.8 Å². The molecule has 0 atom stereocenters. The zero-order chi connectivity index (χ0) is 11.4. The van der Waals surface area contributed by atoms with Crippen LogP contribution in [0.3, 0.4) is 0 Å². The van der Waals surface area contributed by atoms with Crippen LogP contribution in [0.15, 0.2) is 18.0 Å². The van der Waals surface area contributed by atoms with Crippen LogP contribution in [-0.4, -0.2) is 34.2 Å². The van der Waals surface area contributed by atoms with Crippen LogP contribution in [0, 0.1) is 0 Å². The first kappa shape index (κ1) is 11.9. The number of aryl methyl sites for hydroxylation is 1. The van der Waals surface area contributed by atoms with Crippen LogP contribution in [-0.2, 0) is 13.5 Å². The van der Waals surface area contributed by atoms with Crippen molar-refractivity contribution in [2.24, 2.45) is 12.8 Å². The van der Waals surface area contributed by atoms with Gasteiger partial charge in [0.05, 0.1) is 11.3 Å². The number of ketones is 1. The van der Waals surface area contributed by atoms with Crippen LogP contribution >= 0.6 is 0 Å². The number of Topliss-reactive ketones (excluding diaryl/α,β-unsaturated/α-hetero) is 1. The second-order valence-corrected chi connectivity index (χ2v) is 4.47. The molecule has 0 fully saturated rings. The monoisotopic (exact) mass is 251 g/mol. The van der Waals surface area contributed by atoms with E-state index < -0.39 is 0 Å². The fraction of sp³-hybridized carbons (Fsp3) is 0.333. The number of likely N-dealkylation sites (N-methyl/N-ethyl adjacent to an activating group) is 1. The summed E-state index contributed by atoms with van der Waals surface area (Å²) in [4.78, 5) is 12.0. The molecule has 0 spiro atoms. The third-order valence-corrected chi connectivity index (χ3v) is 3.41. The first-order chi connectivity index (χ1) is 7.59. The Morgan fingerprint density at radius 3 is 2.88 bits per heavy atom. The standard InChI is InChI=1S/C12H13N3O.ClH/c1-14-4-3-7-6-15(2)11-10(7)9(14)5-8(13)12(11)16;/h5-6,13H,3-4H2,1-2H3;1H. The topological polar surface area (TPSA) is 51.0 Å². The first-order valence-electron chi connectivity index (χ1n) is 5.38. The van der Waals surface area contributed by atoms with Crippen molar-refractivity contribution in [2.45, 2.75) is 6.42 Å². The number of hydrogen-bond donors (Lipinski definition) is 1. The van der Waals surface area contributed by atoms with Crippen LogP contribution in [0.2, 0.25) is 0 Å². The van der Waals surface area contributed by atoms with Crippen LogP contribution in [0.25, 0.3) is 0 Å². The van der Waals surface area contributed by atoms with Crippen molar-refractivity contribution in [1.82, 2.24) is 4.57 Å². The quantitative estimate of drug-likeness (QED) is 0.502. The number of nitrogens with two attached hydrogens (primary N) is 1. The van der Waals surface area contributed by atoms with Gasteiger partial charge in [-0.05, 0) is 5.56 Å². The summed E-state index contributed by atoms with van der Waals surface area (Å²) in [6.45, 7) is 0.976. The lowest BCUT2D eigenvalue weighted by Gasteiger charge is -2.16. The molecule has 0 bridgehead atoms. The molecule has 2 N–H and O–H groups in total. The Kier molecular flexibility index (Phi) is 2.62. The van der Waals surface area contributed by atoms with E-state index >= 15 is 0 Å². The highest BCUT2D eigenvalue weighted by molar-refractivity contribution is 6.24. The highest BCUT2D eigenvalue weighted by Crippen LogP contribution is 2.27. The summed E-state index contributed by atoms with van der Waals surface area (Å²) in [6, 6.07) is 0. The lowest BCUT2D eigenvalue weighted by molar-refractivity contribution is -0.497. The van der Waals surface area contributed by atoms with Gasteiger partial charge >= 0.3 is 0 Å². The van der Waals surface area contributed by atoms with Gasteiger partial charge in [-0.15, -0.1) is 0 Å². The van der Waals surface area contributed by atoms with Gasteiger partial charge < -0.3 is 22.7 Å². The van der Waals surface area contributed by atoms with Crippen molar-refractivity contribution < 1.29 is 21.8 Å². The van der Waals surface area contributed by atoms with E-state index in [4.69, 9.17) is 5.73 Å². The molecule has 1 aromatic rings. The summed E-state index contributed by atoms with van der Waals surface area (Å²) < 4.78 is 4.05. The summed E-state index contributed by atoms with van der Waals surface area (Å²) in [6.07, 6.45) is 4.83. The molecule has 4 nitrogen and oxygen atoms in total. The van der Waals surface area contributed by atoms with E-state index in [2.05, 4.69) is 4.58 Å². The van der Waals surface area contributed by atoms with E-state index in [1.807, 2.05) is 24.9 Å². The highest BCUT2D eigenvalue weighted by atomic mass is 35.5. The molecule has 0 saturated heterocycles. The zero-order valence-electron chi connectivity index (χ0n) is 9.83. The van der Waals surface area contributed by atoms with Gasteiger partial charge in [-0.2, -0.15) is 0 Å². The second kappa shape index (κ2) is 3.74. The number of hydrogen-bond acceptors (Lipinski definition) is 2. The molecule has 5 heteroatoms. The van der Waals surface area contributed by atoms with Gasteiger partial charge in [-0.1, -0.05) is 0 Å². The van der Waals surface area contributed by atoms with Crippen LogP contribution < -0.4 is 18.1 Å². The first-order valence-corrected chi connectivity index (χ1v) is 5.38. The van der Waals surface area contributed by atoms with Crippen molar-refractivity contribution in [3.8, 4) is 0 Å². The van der Waals surface area contributed by atoms with Crippen molar-refractivity contribution in [2.75, 3.05) is 13.6 Å². The average Bonchev–Trinajstić information content (AvgIpc) is 2.57. The SMILES string of the molecule is Cn1cc2c3c1C(=O)C(N)=CC3=[N+](C)CC2.[Cl-]. The Labute approximate surface area is 106 Å². The summed E-state index contributed by atoms with van der Waals surface area (Å²) >= 11 is 0. The average molecular weight is 252 g/mol. The molecule has 0 unspecified atom stereocenters. The summed E-state index contributed by atoms with van der Waals surface area (Å²) in [5, 5.41) is 0. The molecule has 1 aliphatic heterocycles. The minimum absolute atomic E-state index is 0. The maximum absolute atomic E-state index is 12.0. The van der Waals surface area contributed by atoms with Crippen LogP contribution in [0.1, 0.15) is 21.6 Å². The van der Waals surface area contributed by atoms with E-state index in [0.29, 0.717) is 5.70 Å². The molecule has 0 radical (unpaired) electrons. The lowest BCUT2D eigenvalue weighted by atomic mass is 9.92. The molecule has 1 aliphatic carbocycles. The number of aromatic nitrogens is 1. The minimum atomic E-state index is -0.0530. The van der Waals surface area contributed by atoms with Gasteiger partial charge in [0.1, 0.15) is 19.3 Å². The Morgan fingerprint density at radius 1 is 1.47 bits per heavy atom. The maximum Gasteiger partial charge on any atom is 0.226 e. The van der Waals surface area contributed by atoms with Crippen LogP contribution in [0.5, 0.6) is 0 Å². The minimum Gasteiger partial charge on any atom is -1.00 e. The molecule has 17 heavy (non-hydrogen) atoms. The van der Waals surface area contributed by atoms with Gasteiger partial charge in [0.15, 0.2) is 0 Å². The van der Waals surface area contributed by atoms with E-state index in [1.165, 1.54) is 5.56 Å². The van der Waals surface area contributed by atoms with Crippen LogP contribution in [0.4, 0.5) is 0 Å². The van der Waals surface area contributed by atoms with E-state index in [1.54, 1.807) is 6.08 Å². The van der Waals surface area contributed by atoms with Gasteiger partial charge in [0.2, 0.25) is 11.5 Å². The number of nitrogens with zero attached hydrogens (tertiary/aromatic N) is 2. The maximum atomic E-state index is 12.0. The Bertz CT molecular complexity index is 581. The second-order valence-electron chi connectivity index (χ2n) is 4.47. The lowest BCUT2D eigenvalue weighted by Crippen LogP contribution is -3.00. The zero-order valence-corrected chi connectivity index (χ0v) is 10.6. The predicted octanol–water partition coefficient (Wildman–Crippen LogP) is -2.94. The molecule has 1 aromatic heterocycles. The molecule has 0 aromatic carbocycles. The molecule has 0 saturated carbocycles. The number of halogens is 1. The van der Waals surface area contributed by atoms with E-state index in [9.17, 15) is 4.79 Å². The van der Waals surface area contributed by atoms with Crippen molar-refractivity contribution in [3.63, 3.8) is 0 Å². The number of allylic oxidation sites excluding steroid dienone is 2. The van der Waals surface area contributed by atoms with Crippen molar-refractivity contribution >= 4 is 11.5 Å². The third-order valence-electron chi connectivity index (χ3n) is 3.41. The van der Waals surface area contributed by atoms with Gasteiger partial charge in [0, 0.05) is 25.7 Å². The summed E-state index contributed by atoms with van der Waals surface area (Å²) in [5.74, 6) is -0.0530. The molecule has 90 valence electrons. The third kappa shape index (κ3) is 1.44. The van der Waals surface area contributed by atoms with Crippen molar-refractivity contribution in [1.29, 1.82) is 0 Å². The Hall–Kier alpha value is -1.55. The van der Waals surface area contributed by atoms with Gasteiger partial charge in [-0.3, -0.25) is 4.79 Å². The fourth-order valence-electron chi connectivity index (χ4n) is 2.57. The number of carbonyl (C=O) groups is 1. The molecule has 3 rings (SSSR count). The normalized spacial score (nSPS) is 17.5. The van der Waals surface area contributed by atoms with E-state index in [0.717, 1.165) is 29.9 Å². The number of carbonyl (C=O) groups excluding carboxylic acids is 1. The number of rotatable bonds is 0. The molecule has 0 amide bonds. The van der Waals surface area contributed by atoms with Gasteiger partial charge in [0.25, 0.3) is 0 Å². The highest BCUT2D eigenvalue weighted by Gasteiger charge is 2.35. The fourth-order valence-corrected chi connectivity index (χ4v) is 2.57. The van der Waals surface area contributed by atoms with E-state index in [-0.39, 0.29) is 18.2 Å². The predicted molar refractivity (Wildman–Crippen MR) is 60.9 cm³/mol. The van der Waals surface area contributed by atoms with Gasteiger partial charge in [-0.25, -0.2) is 4.58 Å². The Balaban J connectivity index is 0.00000108. The molecule has 2 aliphatic rings. The summed E-state index contributed by atoms with van der Waals surface area (Å²) in [7, 11) is 3.94. The molecular weight excluding hydrogens is 238 g/mol. The molecular formula is C12H14ClN3O.